The Labute approximate surface area is 219 Å². The fourth-order valence-electron chi connectivity index (χ4n) is 4.45. The Bertz CT molecular complexity index is 1370. The van der Waals surface area contributed by atoms with E-state index in [1.54, 1.807) is 24.3 Å². The summed E-state index contributed by atoms with van der Waals surface area (Å²) in [6.07, 6.45) is -6.69. The second kappa shape index (κ2) is 10.0. The fraction of sp³-hybridized carbons (Fsp3) is 0.455. The predicted molar refractivity (Wildman–Crippen MR) is 127 cm³/mol. The molecular formula is C22H23ClF3N4O7P. The molecule has 0 bridgehead atoms. The van der Waals surface area contributed by atoms with E-state index in [1.807, 2.05) is 0 Å². The number of phosphoric ester groups is 1. The molecule has 206 valence electrons. The topological polar surface area (TPSA) is 137 Å². The Morgan fingerprint density at radius 3 is 2.87 bits per heavy atom. The van der Waals surface area contributed by atoms with Crippen molar-refractivity contribution < 1.29 is 46.3 Å². The number of anilines is 1. The third-order valence-corrected chi connectivity index (χ3v) is 7.99. The van der Waals surface area contributed by atoms with Gasteiger partial charge in [0.1, 0.15) is 35.6 Å². The monoisotopic (exact) mass is 578 g/mol. The lowest BCUT2D eigenvalue weighted by Crippen LogP contribution is -2.44. The smallest absolute Gasteiger partial charge is 0.387 e. The number of aliphatic hydroxyl groups is 2. The van der Waals surface area contributed by atoms with Gasteiger partial charge in [0.05, 0.1) is 24.7 Å². The maximum atomic E-state index is 13.1. The quantitative estimate of drug-likeness (QED) is 0.286. The van der Waals surface area contributed by atoms with Crippen LogP contribution in [0.15, 0.2) is 42.9 Å². The second-order valence-corrected chi connectivity index (χ2v) is 11.1. The van der Waals surface area contributed by atoms with Crippen molar-refractivity contribution in [3.63, 3.8) is 0 Å². The zero-order chi connectivity index (χ0) is 27.3. The van der Waals surface area contributed by atoms with Crippen LogP contribution in [0.1, 0.15) is 31.2 Å². The number of nitrogens with one attached hydrogen (secondary N) is 1. The molecular weight excluding hydrogens is 556 g/mol. The minimum Gasteiger partial charge on any atom is -0.387 e. The van der Waals surface area contributed by atoms with Gasteiger partial charge in [0.2, 0.25) is 0 Å². The summed E-state index contributed by atoms with van der Waals surface area (Å²) in [6, 6.07) is 8.17. The van der Waals surface area contributed by atoms with Gasteiger partial charge >= 0.3 is 14.1 Å². The van der Waals surface area contributed by atoms with Crippen molar-refractivity contribution in [1.82, 2.24) is 14.5 Å². The molecule has 2 aromatic heterocycles. The van der Waals surface area contributed by atoms with Crippen LogP contribution in [0, 0.1) is 0 Å². The van der Waals surface area contributed by atoms with Gasteiger partial charge in [-0.2, -0.15) is 13.2 Å². The molecule has 0 amide bonds. The van der Waals surface area contributed by atoms with Crippen LogP contribution in [0.4, 0.5) is 19.0 Å². The molecule has 3 N–H and O–H groups in total. The minimum absolute atomic E-state index is 0.0129. The molecule has 3 aromatic rings. The summed E-state index contributed by atoms with van der Waals surface area (Å²) in [5.41, 5.74) is -1.23. The van der Waals surface area contributed by atoms with Crippen LogP contribution >= 0.6 is 19.4 Å². The highest BCUT2D eigenvalue weighted by Crippen LogP contribution is 2.57. The van der Waals surface area contributed by atoms with Crippen LogP contribution in [0.5, 0.6) is 0 Å². The molecule has 2 aliphatic heterocycles. The summed E-state index contributed by atoms with van der Waals surface area (Å²) in [7, 11) is -4.07. The summed E-state index contributed by atoms with van der Waals surface area (Å²) in [6.45, 7) is 0.879. The van der Waals surface area contributed by atoms with Crippen molar-refractivity contribution in [3.05, 3.63) is 53.4 Å². The molecule has 6 atom stereocenters. The number of halogens is 4. The number of ether oxygens (including phenoxy) is 1. The lowest BCUT2D eigenvalue weighted by Gasteiger charge is -2.30. The highest BCUT2D eigenvalue weighted by Gasteiger charge is 2.54. The number of hydrogen-bond acceptors (Lipinski definition) is 10. The molecule has 16 heteroatoms. The van der Waals surface area contributed by atoms with Gasteiger partial charge in [-0.15, -0.1) is 0 Å². The number of benzene rings is 1. The number of alkyl halides is 3. The highest BCUT2D eigenvalue weighted by molar-refractivity contribution is 7.48. The standard InChI is InChI=1S/C22H23ClF3N4O7P/c1-21(32)17(31)16(10-35-38(33)34-8-6-15(37-38)12-3-2-4-13(23)9-12)36-20(21)30-7-5-14-18(29-22(24,25)26)27-11-28-19(14)30/h2-5,7,9,11,15-17,20,31-32H,6,8,10H2,1H3,(H,27,28,29)/t15-,16+,17+,20+,21+,38?/m0/s1. The third-order valence-electron chi connectivity index (χ3n) is 6.28. The second-order valence-electron chi connectivity index (χ2n) is 9.02. The SMILES string of the molecule is C[C@@]1(O)[C@H](O)[C@@H](COP2(=O)OCC[C@@H](c3cccc(Cl)c3)O2)O[C@H]1n1ccc2c(NC(F)(F)F)ncnc21. The van der Waals surface area contributed by atoms with E-state index in [0.717, 1.165) is 6.33 Å². The summed E-state index contributed by atoms with van der Waals surface area (Å²) < 4.78 is 75.2. The molecule has 1 aromatic carbocycles. The first kappa shape index (κ1) is 27.3. The van der Waals surface area contributed by atoms with Gasteiger partial charge in [0, 0.05) is 17.6 Å². The summed E-state index contributed by atoms with van der Waals surface area (Å²) in [5, 5.41) is 23.7. The van der Waals surface area contributed by atoms with E-state index in [4.69, 9.17) is 29.9 Å². The third kappa shape index (κ3) is 5.40. The van der Waals surface area contributed by atoms with Gasteiger partial charge < -0.3 is 19.5 Å². The van der Waals surface area contributed by atoms with E-state index >= 15 is 0 Å². The van der Waals surface area contributed by atoms with Crippen LogP contribution in [0.2, 0.25) is 5.02 Å². The number of phosphoric acid groups is 1. The van der Waals surface area contributed by atoms with Crippen LogP contribution in [0.25, 0.3) is 11.0 Å². The Kier molecular flexibility index (Phi) is 7.20. The van der Waals surface area contributed by atoms with Gasteiger partial charge in [-0.05, 0) is 30.7 Å². The molecule has 0 saturated carbocycles. The van der Waals surface area contributed by atoms with Crippen molar-refractivity contribution in [2.45, 2.75) is 49.8 Å². The first-order valence-corrected chi connectivity index (χ1v) is 13.3. The van der Waals surface area contributed by atoms with E-state index in [0.29, 0.717) is 17.0 Å². The lowest BCUT2D eigenvalue weighted by atomic mass is 9.96. The number of rotatable bonds is 6. The van der Waals surface area contributed by atoms with Gasteiger partial charge in [0.25, 0.3) is 0 Å². The molecule has 38 heavy (non-hydrogen) atoms. The van der Waals surface area contributed by atoms with Crippen molar-refractivity contribution >= 4 is 36.3 Å². The van der Waals surface area contributed by atoms with Crippen molar-refractivity contribution in [3.8, 4) is 0 Å². The molecule has 2 saturated heterocycles. The fourth-order valence-corrected chi connectivity index (χ4v) is 6.04. The zero-order valence-corrected chi connectivity index (χ0v) is 21.4. The molecule has 1 unspecified atom stereocenters. The maximum Gasteiger partial charge on any atom is 0.483 e. The van der Waals surface area contributed by atoms with Crippen molar-refractivity contribution in [2.75, 3.05) is 18.5 Å². The Balaban J connectivity index is 1.32. The van der Waals surface area contributed by atoms with Crippen LogP contribution in [-0.2, 0) is 22.9 Å². The molecule has 0 radical (unpaired) electrons. The van der Waals surface area contributed by atoms with E-state index in [9.17, 15) is 27.9 Å². The van der Waals surface area contributed by atoms with Crippen LogP contribution in [0.3, 0.4) is 0 Å². The lowest BCUT2D eigenvalue weighted by molar-refractivity contribution is -0.100. The van der Waals surface area contributed by atoms with Gasteiger partial charge in [-0.25, -0.2) is 14.5 Å². The summed E-state index contributed by atoms with van der Waals surface area (Å²) in [5.74, 6) is -0.488. The summed E-state index contributed by atoms with van der Waals surface area (Å²) in [4.78, 5) is 7.64. The van der Waals surface area contributed by atoms with Crippen molar-refractivity contribution in [2.24, 2.45) is 0 Å². The van der Waals surface area contributed by atoms with E-state index < -0.39 is 56.7 Å². The molecule has 11 nitrogen and oxygen atoms in total. The molecule has 5 rings (SSSR count). The highest BCUT2D eigenvalue weighted by atomic mass is 35.5. The van der Waals surface area contributed by atoms with Gasteiger partial charge in [-0.3, -0.25) is 18.9 Å². The first-order chi connectivity index (χ1) is 17.9. The number of fused-ring (bicyclic) bond motifs is 1. The zero-order valence-electron chi connectivity index (χ0n) is 19.7. The number of aromatic nitrogens is 3. The van der Waals surface area contributed by atoms with E-state index in [2.05, 4.69) is 9.97 Å². The van der Waals surface area contributed by atoms with Gasteiger partial charge in [0.15, 0.2) is 6.23 Å². The van der Waals surface area contributed by atoms with Crippen LogP contribution < -0.4 is 5.32 Å². The van der Waals surface area contributed by atoms with Gasteiger partial charge in [-0.1, -0.05) is 23.7 Å². The van der Waals surface area contributed by atoms with Crippen molar-refractivity contribution in [1.29, 1.82) is 0 Å². The normalized spacial score (nSPS) is 32.1. The molecule has 2 fully saturated rings. The molecule has 4 heterocycles. The molecule has 0 aliphatic carbocycles. The predicted octanol–water partition coefficient (Wildman–Crippen LogP) is 4.33. The maximum absolute atomic E-state index is 13.1. The summed E-state index contributed by atoms with van der Waals surface area (Å²) >= 11 is 6.04. The molecule has 0 spiro atoms. The average molecular weight is 579 g/mol. The van der Waals surface area contributed by atoms with Crippen LogP contribution in [-0.4, -0.2) is 62.1 Å². The Morgan fingerprint density at radius 1 is 1.34 bits per heavy atom. The van der Waals surface area contributed by atoms with E-state index in [-0.39, 0.29) is 17.6 Å². The Morgan fingerprint density at radius 2 is 2.13 bits per heavy atom. The average Bonchev–Trinajstić information content (AvgIpc) is 3.36. The minimum atomic E-state index is -4.73. The largest absolute Gasteiger partial charge is 0.483 e. The number of aliphatic hydroxyl groups excluding tert-OH is 1. The van der Waals surface area contributed by atoms with E-state index in [1.165, 1.54) is 29.1 Å². The number of hydrogen-bond donors (Lipinski definition) is 3. The first-order valence-electron chi connectivity index (χ1n) is 11.4. The number of nitrogens with zero attached hydrogens (tertiary/aromatic N) is 3. The Hall–Kier alpha value is -2.29. The molecule has 2 aliphatic rings.